The molecular formula is C18H18ClN3O2S. The predicted octanol–water partition coefficient (Wildman–Crippen LogP) is 4.07. The molecule has 130 valence electrons. The normalized spacial score (nSPS) is 10.8. The van der Waals surface area contributed by atoms with Crippen molar-refractivity contribution in [2.75, 3.05) is 19.5 Å². The maximum Gasteiger partial charge on any atom is 0.196 e. The van der Waals surface area contributed by atoms with Crippen molar-refractivity contribution in [2.45, 2.75) is 11.6 Å². The number of methoxy groups -OCH3 is 1. The fourth-order valence-electron chi connectivity index (χ4n) is 2.42. The van der Waals surface area contributed by atoms with Crippen LogP contribution in [-0.4, -0.2) is 39.3 Å². The third-order valence-electron chi connectivity index (χ3n) is 3.60. The van der Waals surface area contributed by atoms with Gasteiger partial charge in [0.05, 0.1) is 12.7 Å². The Hall–Kier alpha value is -2.02. The second-order valence-electron chi connectivity index (χ2n) is 5.24. The van der Waals surface area contributed by atoms with Crippen LogP contribution in [-0.2, 0) is 0 Å². The Morgan fingerprint density at radius 3 is 2.60 bits per heavy atom. The van der Waals surface area contributed by atoms with E-state index in [0.29, 0.717) is 17.3 Å². The summed E-state index contributed by atoms with van der Waals surface area (Å²) in [5, 5.41) is 19.2. The Morgan fingerprint density at radius 2 is 1.88 bits per heavy atom. The van der Waals surface area contributed by atoms with E-state index < -0.39 is 0 Å². The van der Waals surface area contributed by atoms with Crippen LogP contribution in [0.5, 0.6) is 5.75 Å². The van der Waals surface area contributed by atoms with Gasteiger partial charge in [0.2, 0.25) is 0 Å². The van der Waals surface area contributed by atoms with Gasteiger partial charge >= 0.3 is 0 Å². The molecule has 0 aliphatic rings. The van der Waals surface area contributed by atoms with Crippen LogP contribution in [0.15, 0.2) is 53.7 Å². The summed E-state index contributed by atoms with van der Waals surface area (Å²) in [4.78, 5) is 0. The molecule has 0 amide bonds. The zero-order valence-electron chi connectivity index (χ0n) is 13.7. The lowest BCUT2D eigenvalue weighted by molar-refractivity contribution is 0.296. The lowest BCUT2D eigenvalue weighted by atomic mass is 10.2. The molecule has 0 bridgehead atoms. The third-order valence-corrected chi connectivity index (χ3v) is 4.87. The molecule has 3 aromatic rings. The SMILES string of the molecule is COc1ccccc1-c1nnc(SCCCO)n1-c1ccc(Cl)cc1. The molecule has 2 aromatic carbocycles. The number of thioether (sulfide) groups is 1. The van der Waals surface area contributed by atoms with E-state index in [-0.39, 0.29) is 6.61 Å². The molecule has 0 spiro atoms. The average molecular weight is 376 g/mol. The van der Waals surface area contributed by atoms with E-state index in [4.69, 9.17) is 21.4 Å². The number of ether oxygens (including phenoxy) is 1. The van der Waals surface area contributed by atoms with Crippen LogP contribution < -0.4 is 4.74 Å². The van der Waals surface area contributed by atoms with Gasteiger partial charge in [-0.1, -0.05) is 35.5 Å². The first-order chi connectivity index (χ1) is 12.2. The van der Waals surface area contributed by atoms with Crippen molar-refractivity contribution in [1.82, 2.24) is 14.8 Å². The number of rotatable bonds is 7. The number of aliphatic hydroxyl groups is 1. The number of hydrogen-bond donors (Lipinski definition) is 1. The van der Waals surface area contributed by atoms with Gasteiger partial charge in [0.1, 0.15) is 5.75 Å². The van der Waals surface area contributed by atoms with Gasteiger partial charge in [-0.3, -0.25) is 4.57 Å². The Balaban J connectivity index is 2.10. The average Bonchev–Trinajstić information content (AvgIpc) is 3.06. The van der Waals surface area contributed by atoms with Gasteiger partial charge in [0, 0.05) is 23.1 Å². The first-order valence-electron chi connectivity index (χ1n) is 7.83. The second-order valence-corrected chi connectivity index (χ2v) is 6.74. The van der Waals surface area contributed by atoms with Gasteiger partial charge in [0.15, 0.2) is 11.0 Å². The molecule has 1 heterocycles. The first-order valence-corrected chi connectivity index (χ1v) is 9.19. The Kier molecular flexibility index (Phi) is 5.96. The largest absolute Gasteiger partial charge is 0.496 e. The molecule has 3 rings (SSSR count). The third kappa shape index (κ3) is 3.98. The van der Waals surface area contributed by atoms with Crippen LogP contribution >= 0.6 is 23.4 Å². The van der Waals surface area contributed by atoms with Crippen LogP contribution in [0.1, 0.15) is 6.42 Å². The molecule has 1 aromatic heterocycles. The van der Waals surface area contributed by atoms with Crippen LogP contribution in [0.2, 0.25) is 5.02 Å². The number of nitrogens with zero attached hydrogens (tertiary/aromatic N) is 3. The summed E-state index contributed by atoms with van der Waals surface area (Å²) in [6, 6.07) is 15.3. The minimum Gasteiger partial charge on any atom is -0.496 e. The molecule has 0 radical (unpaired) electrons. The van der Waals surface area contributed by atoms with E-state index in [1.807, 2.05) is 53.1 Å². The maximum absolute atomic E-state index is 9.03. The highest BCUT2D eigenvalue weighted by Gasteiger charge is 2.18. The molecule has 1 N–H and O–H groups in total. The Morgan fingerprint density at radius 1 is 1.12 bits per heavy atom. The molecule has 0 atom stereocenters. The quantitative estimate of drug-likeness (QED) is 0.498. The number of halogens is 1. The maximum atomic E-state index is 9.03. The molecule has 0 aliphatic heterocycles. The van der Waals surface area contributed by atoms with E-state index in [9.17, 15) is 0 Å². The smallest absolute Gasteiger partial charge is 0.196 e. The monoisotopic (exact) mass is 375 g/mol. The van der Waals surface area contributed by atoms with Crippen molar-refractivity contribution in [2.24, 2.45) is 0 Å². The highest BCUT2D eigenvalue weighted by Crippen LogP contribution is 2.33. The number of aliphatic hydroxyl groups excluding tert-OH is 1. The second kappa shape index (κ2) is 8.38. The van der Waals surface area contributed by atoms with E-state index in [2.05, 4.69) is 10.2 Å². The van der Waals surface area contributed by atoms with Gasteiger partial charge in [-0.2, -0.15) is 0 Å². The zero-order chi connectivity index (χ0) is 17.6. The molecule has 0 fully saturated rings. The minimum absolute atomic E-state index is 0.154. The highest BCUT2D eigenvalue weighted by molar-refractivity contribution is 7.99. The molecule has 5 nitrogen and oxygen atoms in total. The van der Waals surface area contributed by atoms with Crippen LogP contribution in [0, 0.1) is 0 Å². The van der Waals surface area contributed by atoms with Crippen LogP contribution in [0.4, 0.5) is 0 Å². The molecular weight excluding hydrogens is 358 g/mol. The fourth-order valence-corrected chi connectivity index (χ4v) is 3.42. The lowest BCUT2D eigenvalue weighted by Gasteiger charge is -2.12. The zero-order valence-corrected chi connectivity index (χ0v) is 15.3. The number of benzene rings is 2. The van der Waals surface area contributed by atoms with E-state index in [1.54, 1.807) is 18.9 Å². The summed E-state index contributed by atoms with van der Waals surface area (Å²) in [6.07, 6.45) is 0.697. The Labute approximate surface area is 155 Å². The number of hydrogen-bond acceptors (Lipinski definition) is 5. The summed E-state index contributed by atoms with van der Waals surface area (Å²) in [5.41, 5.74) is 1.78. The van der Waals surface area contributed by atoms with E-state index in [1.165, 1.54) is 0 Å². The molecule has 0 aliphatic carbocycles. The summed E-state index contributed by atoms with van der Waals surface area (Å²) in [5.74, 6) is 2.19. The summed E-state index contributed by atoms with van der Waals surface area (Å²) in [6.45, 7) is 0.154. The van der Waals surface area contributed by atoms with Crippen molar-refractivity contribution >= 4 is 23.4 Å². The van der Waals surface area contributed by atoms with E-state index in [0.717, 1.165) is 27.9 Å². The lowest BCUT2D eigenvalue weighted by Crippen LogP contribution is -2.01. The van der Waals surface area contributed by atoms with Gasteiger partial charge in [-0.15, -0.1) is 10.2 Å². The van der Waals surface area contributed by atoms with Gasteiger partial charge < -0.3 is 9.84 Å². The van der Waals surface area contributed by atoms with Gasteiger partial charge in [-0.25, -0.2) is 0 Å². The molecule has 25 heavy (non-hydrogen) atoms. The summed E-state index contributed by atoms with van der Waals surface area (Å²) in [7, 11) is 1.64. The molecule has 7 heteroatoms. The van der Waals surface area contributed by atoms with Gasteiger partial charge in [-0.05, 0) is 42.8 Å². The van der Waals surface area contributed by atoms with Crippen LogP contribution in [0.3, 0.4) is 0 Å². The van der Waals surface area contributed by atoms with Crippen molar-refractivity contribution in [3.63, 3.8) is 0 Å². The standard InChI is InChI=1S/C18H18ClN3O2S/c1-24-16-6-3-2-5-15(16)17-20-21-18(25-12-4-11-23)22(17)14-9-7-13(19)8-10-14/h2-3,5-10,23H,4,11-12H2,1H3. The summed E-state index contributed by atoms with van der Waals surface area (Å²) < 4.78 is 7.46. The van der Waals surface area contributed by atoms with E-state index >= 15 is 0 Å². The number of para-hydroxylation sites is 1. The minimum atomic E-state index is 0.154. The van der Waals surface area contributed by atoms with Gasteiger partial charge in [0.25, 0.3) is 0 Å². The topological polar surface area (TPSA) is 60.2 Å². The number of aromatic nitrogens is 3. The highest BCUT2D eigenvalue weighted by atomic mass is 35.5. The molecule has 0 saturated carbocycles. The summed E-state index contributed by atoms with van der Waals surface area (Å²) >= 11 is 7.58. The molecule has 0 unspecified atom stereocenters. The molecule has 0 saturated heterocycles. The predicted molar refractivity (Wildman–Crippen MR) is 101 cm³/mol. The van der Waals surface area contributed by atoms with Crippen molar-refractivity contribution in [3.05, 3.63) is 53.6 Å². The Bertz CT molecular complexity index is 837. The fraction of sp³-hybridized carbons (Fsp3) is 0.222. The van der Waals surface area contributed by atoms with Crippen LogP contribution in [0.25, 0.3) is 17.1 Å². The first kappa shape index (κ1) is 17.8. The van der Waals surface area contributed by atoms with Crippen molar-refractivity contribution in [1.29, 1.82) is 0 Å². The van der Waals surface area contributed by atoms with Crippen molar-refractivity contribution < 1.29 is 9.84 Å². The van der Waals surface area contributed by atoms with Crippen molar-refractivity contribution in [3.8, 4) is 22.8 Å².